The minimum absolute atomic E-state index is 0.373. The summed E-state index contributed by atoms with van der Waals surface area (Å²) < 4.78 is 1.24. The van der Waals surface area contributed by atoms with Crippen molar-refractivity contribution in [2.75, 3.05) is 6.54 Å². The van der Waals surface area contributed by atoms with Crippen LogP contribution in [0.25, 0.3) is 0 Å². The Morgan fingerprint density at radius 3 is 2.76 bits per heavy atom. The van der Waals surface area contributed by atoms with Crippen molar-refractivity contribution in [1.82, 2.24) is 5.32 Å². The van der Waals surface area contributed by atoms with E-state index in [1.54, 1.807) is 5.57 Å². The van der Waals surface area contributed by atoms with Gasteiger partial charge < -0.3 is 5.32 Å². The van der Waals surface area contributed by atoms with Crippen molar-refractivity contribution < 1.29 is 0 Å². The zero-order valence-corrected chi connectivity index (χ0v) is 15.0. The summed E-state index contributed by atoms with van der Waals surface area (Å²) in [6.07, 6.45) is 11.6. The van der Waals surface area contributed by atoms with E-state index in [0.717, 1.165) is 6.54 Å². The number of hydrogen-bond acceptors (Lipinski definition) is 1. The Morgan fingerprint density at radius 2 is 2.00 bits per heavy atom. The van der Waals surface area contributed by atoms with Crippen molar-refractivity contribution in [3.05, 3.63) is 45.4 Å². The minimum atomic E-state index is 0.373. The van der Waals surface area contributed by atoms with Gasteiger partial charge in [-0.1, -0.05) is 59.5 Å². The summed E-state index contributed by atoms with van der Waals surface area (Å²) >= 11 is 3.77. The van der Waals surface area contributed by atoms with Gasteiger partial charge in [-0.15, -0.1) is 0 Å². The van der Waals surface area contributed by atoms with Crippen LogP contribution in [0.15, 0.2) is 34.3 Å². The molecule has 1 aliphatic rings. The van der Waals surface area contributed by atoms with Gasteiger partial charge in [-0.3, -0.25) is 0 Å². The maximum absolute atomic E-state index is 3.77. The van der Waals surface area contributed by atoms with E-state index in [9.17, 15) is 0 Å². The van der Waals surface area contributed by atoms with Crippen molar-refractivity contribution in [3.8, 4) is 0 Å². The lowest BCUT2D eigenvalue weighted by Gasteiger charge is -2.25. The summed E-state index contributed by atoms with van der Waals surface area (Å²) in [7, 11) is 0. The fourth-order valence-corrected chi connectivity index (χ4v) is 3.80. The van der Waals surface area contributed by atoms with Gasteiger partial charge in [-0.05, 0) is 62.8 Å². The van der Waals surface area contributed by atoms with Gasteiger partial charge in [-0.25, -0.2) is 0 Å². The summed E-state index contributed by atoms with van der Waals surface area (Å²) in [5.41, 5.74) is 4.29. The average molecular weight is 350 g/mol. The summed E-state index contributed by atoms with van der Waals surface area (Å²) in [5, 5.41) is 3.77. The summed E-state index contributed by atoms with van der Waals surface area (Å²) in [6.45, 7) is 5.46. The highest BCUT2D eigenvalue weighted by Crippen LogP contribution is 2.33. The van der Waals surface area contributed by atoms with Crippen molar-refractivity contribution in [1.29, 1.82) is 0 Å². The van der Waals surface area contributed by atoms with Crippen LogP contribution < -0.4 is 5.32 Å². The fourth-order valence-electron chi connectivity index (χ4n) is 3.07. The highest BCUT2D eigenvalue weighted by Gasteiger charge is 2.18. The Kier molecular flexibility index (Phi) is 6.98. The number of hydrogen-bond donors (Lipinski definition) is 1. The van der Waals surface area contributed by atoms with E-state index in [1.165, 1.54) is 60.5 Å². The Hall–Kier alpha value is -0.600. The molecule has 0 saturated carbocycles. The standard InChI is InChI=1S/C19H28BrN/c1-3-13-21-19(16-9-7-5-4-6-8-10-16)17-12-11-15(2)14-18(17)20/h9,11-12,14,19,21H,3-8,10,13H2,1-2H3/b16-9+. The smallest absolute Gasteiger partial charge is 0.0547 e. The average Bonchev–Trinajstić information content (AvgIpc) is 2.42. The first-order valence-electron chi connectivity index (χ1n) is 8.40. The van der Waals surface area contributed by atoms with Crippen LogP contribution in [0.4, 0.5) is 0 Å². The van der Waals surface area contributed by atoms with Crippen LogP contribution in [0.5, 0.6) is 0 Å². The number of allylic oxidation sites excluding steroid dienone is 1. The molecule has 0 saturated heterocycles. The third-order valence-corrected chi connectivity index (χ3v) is 4.95. The predicted molar refractivity (Wildman–Crippen MR) is 95.7 cm³/mol. The van der Waals surface area contributed by atoms with Crippen LogP contribution in [-0.2, 0) is 0 Å². The molecule has 116 valence electrons. The summed E-state index contributed by atoms with van der Waals surface area (Å²) in [4.78, 5) is 0. The Morgan fingerprint density at radius 1 is 1.19 bits per heavy atom. The van der Waals surface area contributed by atoms with E-state index in [2.05, 4.69) is 59.4 Å². The second kappa shape index (κ2) is 8.75. The van der Waals surface area contributed by atoms with Crippen LogP contribution >= 0.6 is 15.9 Å². The molecule has 0 aromatic heterocycles. The number of halogens is 1. The molecule has 21 heavy (non-hydrogen) atoms. The van der Waals surface area contributed by atoms with Crippen LogP contribution in [0.1, 0.15) is 69.0 Å². The van der Waals surface area contributed by atoms with E-state index < -0.39 is 0 Å². The molecule has 0 spiro atoms. The van der Waals surface area contributed by atoms with Crippen LogP contribution in [0, 0.1) is 6.92 Å². The SMILES string of the molecule is CCCNC(/C1=C/CCCCCC1)c1ccc(C)cc1Br. The normalized spacial score (nSPS) is 20.2. The number of rotatable bonds is 5. The van der Waals surface area contributed by atoms with E-state index in [1.807, 2.05) is 0 Å². The number of aryl methyl sites for hydroxylation is 1. The van der Waals surface area contributed by atoms with Crippen molar-refractivity contribution in [2.45, 2.75) is 64.8 Å². The topological polar surface area (TPSA) is 12.0 Å². The molecule has 1 nitrogen and oxygen atoms in total. The lowest BCUT2D eigenvalue weighted by Crippen LogP contribution is -2.24. The van der Waals surface area contributed by atoms with Gasteiger partial charge in [0.15, 0.2) is 0 Å². The van der Waals surface area contributed by atoms with E-state index in [4.69, 9.17) is 0 Å². The monoisotopic (exact) mass is 349 g/mol. The lowest BCUT2D eigenvalue weighted by atomic mass is 9.90. The molecule has 0 heterocycles. The second-order valence-corrected chi connectivity index (χ2v) is 7.00. The molecule has 1 N–H and O–H groups in total. The first-order valence-corrected chi connectivity index (χ1v) is 9.20. The quantitative estimate of drug-likeness (QED) is 0.635. The molecule has 1 aromatic rings. The lowest BCUT2D eigenvalue weighted by molar-refractivity contribution is 0.539. The van der Waals surface area contributed by atoms with Crippen molar-refractivity contribution in [3.63, 3.8) is 0 Å². The first kappa shape index (κ1) is 16.8. The molecule has 1 aliphatic carbocycles. The minimum Gasteiger partial charge on any atom is -0.307 e. The predicted octanol–water partition coefficient (Wildman–Crippen LogP) is 6.08. The van der Waals surface area contributed by atoms with E-state index >= 15 is 0 Å². The van der Waals surface area contributed by atoms with Gasteiger partial charge in [0.05, 0.1) is 6.04 Å². The molecule has 1 unspecified atom stereocenters. The van der Waals surface area contributed by atoms with Gasteiger partial charge in [0.2, 0.25) is 0 Å². The zero-order valence-electron chi connectivity index (χ0n) is 13.4. The number of benzene rings is 1. The molecule has 0 fully saturated rings. The van der Waals surface area contributed by atoms with Gasteiger partial charge in [-0.2, -0.15) is 0 Å². The highest BCUT2D eigenvalue weighted by molar-refractivity contribution is 9.10. The molecule has 1 atom stereocenters. The third kappa shape index (κ3) is 4.96. The van der Waals surface area contributed by atoms with Crippen LogP contribution in [-0.4, -0.2) is 6.54 Å². The molecular weight excluding hydrogens is 322 g/mol. The highest BCUT2D eigenvalue weighted by atomic mass is 79.9. The van der Waals surface area contributed by atoms with E-state index in [0.29, 0.717) is 6.04 Å². The molecular formula is C19H28BrN. The number of nitrogens with one attached hydrogen (secondary N) is 1. The maximum Gasteiger partial charge on any atom is 0.0547 e. The molecule has 1 aromatic carbocycles. The van der Waals surface area contributed by atoms with Gasteiger partial charge in [0.1, 0.15) is 0 Å². The van der Waals surface area contributed by atoms with Crippen LogP contribution in [0.3, 0.4) is 0 Å². The third-order valence-electron chi connectivity index (χ3n) is 4.26. The maximum atomic E-state index is 3.77. The Labute approximate surface area is 138 Å². The summed E-state index contributed by atoms with van der Waals surface area (Å²) in [6, 6.07) is 7.12. The van der Waals surface area contributed by atoms with Crippen molar-refractivity contribution >= 4 is 15.9 Å². The molecule has 2 rings (SSSR count). The Balaban J connectivity index is 2.27. The molecule has 0 bridgehead atoms. The van der Waals surface area contributed by atoms with Gasteiger partial charge in [0.25, 0.3) is 0 Å². The van der Waals surface area contributed by atoms with Gasteiger partial charge in [0, 0.05) is 4.47 Å². The van der Waals surface area contributed by atoms with Crippen LogP contribution in [0.2, 0.25) is 0 Å². The second-order valence-electron chi connectivity index (χ2n) is 6.14. The van der Waals surface area contributed by atoms with E-state index in [-0.39, 0.29) is 0 Å². The Bertz CT molecular complexity index is 478. The first-order chi connectivity index (χ1) is 10.2. The zero-order chi connectivity index (χ0) is 15.1. The molecule has 0 amide bonds. The molecule has 0 aliphatic heterocycles. The molecule has 0 radical (unpaired) electrons. The fraction of sp³-hybridized carbons (Fsp3) is 0.579. The largest absolute Gasteiger partial charge is 0.307 e. The van der Waals surface area contributed by atoms with Crippen molar-refractivity contribution in [2.24, 2.45) is 0 Å². The van der Waals surface area contributed by atoms with Gasteiger partial charge >= 0.3 is 0 Å². The molecule has 2 heteroatoms. The summed E-state index contributed by atoms with van der Waals surface area (Å²) in [5.74, 6) is 0.